The van der Waals surface area contributed by atoms with E-state index in [4.69, 9.17) is 9.47 Å². The van der Waals surface area contributed by atoms with Gasteiger partial charge in [0.05, 0.1) is 17.8 Å². The fourth-order valence-electron chi connectivity index (χ4n) is 5.11. The van der Waals surface area contributed by atoms with Crippen molar-refractivity contribution in [1.29, 1.82) is 0 Å². The molecule has 4 heteroatoms. The molecule has 138 valence electrons. The Morgan fingerprint density at radius 2 is 2.04 bits per heavy atom. The molecule has 0 amide bonds. The third kappa shape index (κ3) is 3.57. The van der Waals surface area contributed by atoms with Gasteiger partial charge in [-0.2, -0.15) is 0 Å². The topological polar surface area (TPSA) is 41.9 Å². The van der Waals surface area contributed by atoms with Gasteiger partial charge in [-0.3, -0.25) is 4.90 Å². The summed E-state index contributed by atoms with van der Waals surface area (Å²) in [7, 11) is 1.84. The average molecular weight is 345 g/mol. The van der Waals surface area contributed by atoms with Gasteiger partial charge in [-0.1, -0.05) is 12.1 Å². The lowest BCUT2D eigenvalue weighted by Crippen LogP contribution is -2.51. The van der Waals surface area contributed by atoms with Crippen LogP contribution in [0.5, 0.6) is 5.75 Å². The van der Waals surface area contributed by atoms with Crippen LogP contribution < -0.4 is 4.74 Å². The smallest absolute Gasteiger partial charge is 0.120 e. The molecule has 4 nitrogen and oxygen atoms in total. The lowest BCUT2D eigenvalue weighted by atomic mass is 9.79. The first-order chi connectivity index (χ1) is 12.2. The fourth-order valence-corrected chi connectivity index (χ4v) is 5.11. The van der Waals surface area contributed by atoms with Crippen LogP contribution in [0.4, 0.5) is 0 Å². The van der Waals surface area contributed by atoms with E-state index in [9.17, 15) is 5.11 Å². The van der Waals surface area contributed by atoms with Crippen LogP contribution in [0.3, 0.4) is 0 Å². The Morgan fingerprint density at radius 3 is 2.84 bits per heavy atom. The zero-order chi connectivity index (χ0) is 17.3. The predicted octanol–water partition coefficient (Wildman–Crippen LogP) is 3.51. The minimum Gasteiger partial charge on any atom is -0.490 e. The van der Waals surface area contributed by atoms with E-state index in [-0.39, 0.29) is 11.7 Å². The number of fused-ring (bicyclic) bond motifs is 1. The molecule has 25 heavy (non-hydrogen) atoms. The molecule has 0 unspecified atom stereocenters. The first-order valence-electron chi connectivity index (χ1n) is 9.91. The number of aliphatic hydroxyl groups excluding tert-OH is 1. The van der Waals surface area contributed by atoms with Gasteiger partial charge < -0.3 is 14.6 Å². The zero-order valence-corrected chi connectivity index (χ0v) is 15.3. The van der Waals surface area contributed by atoms with Crippen LogP contribution >= 0.6 is 0 Å². The van der Waals surface area contributed by atoms with Crippen molar-refractivity contribution in [2.75, 3.05) is 13.7 Å². The number of nitrogens with zero attached hydrogens (tertiary/aromatic N) is 1. The van der Waals surface area contributed by atoms with Gasteiger partial charge in [0, 0.05) is 26.2 Å². The van der Waals surface area contributed by atoms with Crippen molar-refractivity contribution in [2.45, 2.75) is 81.8 Å². The van der Waals surface area contributed by atoms with Crippen molar-refractivity contribution in [2.24, 2.45) is 0 Å². The van der Waals surface area contributed by atoms with Gasteiger partial charge in [-0.05, 0) is 69.1 Å². The van der Waals surface area contributed by atoms with E-state index in [0.717, 1.165) is 44.5 Å². The van der Waals surface area contributed by atoms with Crippen molar-refractivity contribution in [3.05, 3.63) is 29.8 Å². The van der Waals surface area contributed by atoms with Crippen LogP contribution in [-0.2, 0) is 11.3 Å². The summed E-state index contributed by atoms with van der Waals surface area (Å²) in [6.45, 7) is 1.95. The first-order valence-corrected chi connectivity index (χ1v) is 9.91. The summed E-state index contributed by atoms with van der Waals surface area (Å²) in [4.78, 5) is 2.50. The van der Waals surface area contributed by atoms with Crippen LogP contribution in [0.1, 0.15) is 56.9 Å². The molecule has 3 atom stereocenters. The van der Waals surface area contributed by atoms with Crippen LogP contribution in [0.15, 0.2) is 24.3 Å². The van der Waals surface area contributed by atoms with E-state index in [1.54, 1.807) is 0 Å². The first kappa shape index (κ1) is 17.3. The molecule has 1 saturated heterocycles. The maximum Gasteiger partial charge on any atom is 0.120 e. The summed E-state index contributed by atoms with van der Waals surface area (Å²) in [5.74, 6) is 1.00. The molecule has 0 bridgehead atoms. The number of hydrogen-bond acceptors (Lipinski definition) is 4. The second-order valence-corrected chi connectivity index (χ2v) is 8.11. The van der Waals surface area contributed by atoms with Crippen LogP contribution in [0.2, 0.25) is 0 Å². The number of hydrogen-bond donors (Lipinski definition) is 1. The third-order valence-electron chi connectivity index (χ3n) is 6.56. The van der Waals surface area contributed by atoms with Gasteiger partial charge in [-0.25, -0.2) is 0 Å². The zero-order valence-electron chi connectivity index (χ0n) is 15.3. The van der Waals surface area contributed by atoms with Gasteiger partial charge >= 0.3 is 0 Å². The molecule has 2 saturated carbocycles. The Morgan fingerprint density at radius 1 is 1.20 bits per heavy atom. The van der Waals surface area contributed by atoms with E-state index >= 15 is 0 Å². The molecule has 3 fully saturated rings. The number of likely N-dealkylation sites (tertiary alicyclic amines) is 1. The van der Waals surface area contributed by atoms with Gasteiger partial charge in [-0.15, -0.1) is 0 Å². The molecule has 1 aromatic carbocycles. The second kappa shape index (κ2) is 7.26. The summed E-state index contributed by atoms with van der Waals surface area (Å²) in [6.07, 6.45) is 8.90. The molecular weight excluding hydrogens is 314 g/mol. The van der Waals surface area contributed by atoms with Crippen molar-refractivity contribution >= 4 is 0 Å². The standard InChI is InChI=1S/C21H31NO3/c1-24-21-10-9-17(23)14-20(21)22(12-11-21)15-16-5-4-8-19(13-16)25-18-6-2-3-7-18/h4-5,8,13,17-18,20,23H,2-3,6-7,9-12,14-15H2,1H3/t17-,20-,21+/m0/s1. The van der Waals surface area contributed by atoms with E-state index in [0.29, 0.717) is 12.1 Å². The highest BCUT2D eigenvalue weighted by Gasteiger charge is 2.50. The van der Waals surface area contributed by atoms with Gasteiger partial charge in [0.25, 0.3) is 0 Å². The maximum absolute atomic E-state index is 10.2. The van der Waals surface area contributed by atoms with Crippen molar-refractivity contribution in [1.82, 2.24) is 4.90 Å². The minimum absolute atomic E-state index is 0.0583. The van der Waals surface area contributed by atoms with E-state index < -0.39 is 0 Å². The summed E-state index contributed by atoms with van der Waals surface area (Å²) in [5.41, 5.74) is 1.24. The molecular formula is C21H31NO3. The Kier molecular flexibility index (Phi) is 5.03. The van der Waals surface area contributed by atoms with Gasteiger partial charge in [0.1, 0.15) is 5.75 Å². The molecule has 4 rings (SSSR count). The molecule has 0 spiro atoms. The SMILES string of the molecule is CO[C@@]12CC[C@H](O)C[C@@H]1N(Cc1cccc(OC3CCCC3)c1)CC2. The van der Waals surface area contributed by atoms with E-state index in [1.807, 2.05) is 7.11 Å². The third-order valence-corrected chi connectivity index (χ3v) is 6.56. The van der Waals surface area contributed by atoms with Crippen molar-refractivity contribution in [3.8, 4) is 5.75 Å². The van der Waals surface area contributed by atoms with Crippen molar-refractivity contribution in [3.63, 3.8) is 0 Å². The Bertz CT molecular complexity index is 586. The highest BCUT2D eigenvalue weighted by atomic mass is 16.5. The average Bonchev–Trinajstić information content (AvgIpc) is 3.24. The van der Waals surface area contributed by atoms with Gasteiger partial charge in [0.2, 0.25) is 0 Å². The van der Waals surface area contributed by atoms with Crippen LogP contribution in [0.25, 0.3) is 0 Å². The largest absolute Gasteiger partial charge is 0.490 e. The molecule has 0 aromatic heterocycles. The summed E-state index contributed by atoms with van der Waals surface area (Å²) >= 11 is 0. The molecule has 2 aliphatic carbocycles. The monoisotopic (exact) mass is 345 g/mol. The highest BCUT2D eigenvalue weighted by molar-refractivity contribution is 5.29. The van der Waals surface area contributed by atoms with Crippen molar-refractivity contribution < 1.29 is 14.6 Å². The number of benzene rings is 1. The fraction of sp³-hybridized carbons (Fsp3) is 0.714. The Labute approximate surface area is 151 Å². The second-order valence-electron chi connectivity index (χ2n) is 8.11. The normalized spacial score (nSPS) is 33.5. The number of ether oxygens (including phenoxy) is 2. The summed E-state index contributed by atoms with van der Waals surface area (Å²) in [6, 6.07) is 8.89. The lowest BCUT2D eigenvalue weighted by molar-refractivity contribution is -0.0879. The molecule has 1 N–H and O–H groups in total. The summed E-state index contributed by atoms with van der Waals surface area (Å²) in [5, 5.41) is 10.2. The van der Waals surface area contributed by atoms with Crippen LogP contribution in [0, 0.1) is 0 Å². The lowest BCUT2D eigenvalue weighted by Gasteiger charge is -2.42. The number of aliphatic hydroxyl groups is 1. The number of methoxy groups -OCH3 is 1. The minimum atomic E-state index is -0.189. The van der Waals surface area contributed by atoms with E-state index in [1.165, 1.54) is 31.2 Å². The molecule has 1 aromatic rings. The molecule has 1 aliphatic heterocycles. The Balaban J connectivity index is 1.44. The molecule has 0 radical (unpaired) electrons. The number of rotatable bonds is 5. The predicted molar refractivity (Wildman–Crippen MR) is 97.7 cm³/mol. The van der Waals surface area contributed by atoms with Gasteiger partial charge in [0.15, 0.2) is 0 Å². The quantitative estimate of drug-likeness (QED) is 0.887. The van der Waals surface area contributed by atoms with Crippen LogP contribution in [-0.4, -0.2) is 47.5 Å². The molecule has 3 aliphatic rings. The summed E-state index contributed by atoms with van der Waals surface area (Å²) < 4.78 is 12.1. The maximum atomic E-state index is 10.2. The Hall–Kier alpha value is -1.10. The highest BCUT2D eigenvalue weighted by Crippen LogP contribution is 2.43. The molecule has 1 heterocycles. The van der Waals surface area contributed by atoms with E-state index in [2.05, 4.69) is 29.2 Å².